The first-order valence-corrected chi connectivity index (χ1v) is 9.42. The van der Waals surface area contributed by atoms with Gasteiger partial charge < -0.3 is 10.1 Å². The highest BCUT2D eigenvalue weighted by atomic mass is 32.2. The fraction of sp³-hybridized carbons (Fsp3) is 0.0455. The zero-order valence-corrected chi connectivity index (χ0v) is 16.0. The molecule has 0 aliphatic carbocycles. The SMILES string of the molecule is COc1ccc(C(=S)/C=C(\Nc2ccccc2)Sc2ccccc2)cc1. The topological polar surface area (TPSA) is 21.3 Å². The second kappa shape index (κ2) is 9.22. The number of methoxy groups -OCH3 is 1. The fourth-order valence-electron chi connectivity index (χ4n) is 2.33. The van der Waals surface area contributed by atoms with Crippen molar-refractivity contribution in [2.75, 3.05) is 12.4 Å². The van der Waals surface area contributed by atoms with Crippen LogP contribution in [-0.2, 0) is 0 Å². The minimum absolute atomic E-state index is 0.773. The van der Waals surface area contributed by atoms with E-state index in [0.29, 0.717) is 0 Å². The molecule has 130 valence electrons. The number of allylic oxidation sites excluding steroid dienone is 1. The Morgan fingerprint density at radius 3 is 2.12 bits per heavy atom. The Morgan fingerprint density at radius 2 is 1.50 bits per heavy atom. The lowest BCUT2D eigenvalue weighted by molar-refractivity contribution is 0.415. The highest BCUT2D eigenvalue weighted by molar-refractivity contribution is 8.03. The number of hydrogen-bond donors (Lipinski definition) is 1. The zero-order chi connectivity index (χ0) is 18.2. The van der Waals surface area contributed by atoms with Gasteiger partial charge in [-0.1, -0.05) is 60.4 Å². The summed E-state index contributed by atoms with van der Waals surface area (Å²) in [5.74, 6) is 0.821. The molecule has 0 unspecified atom stereocenters. The summed E-state index contributed by atoms with van der Waals surface area (Å²) in [6, 6.07) is 28.1. The third-order valence-corrected chi connectivity index (χ3v) is 4.95. The molecule has 0 aliphatic heterocycles. The van der Waals surface area contributed by atoms with Crippen molar-refractivity contribution in [3.8, 4) is 5.75 Å². The third kappa shape index (κ3) is 5.22. The average molecular weight is 378 g/mol. The molecule has 1 N–H and O–H groups in total. The van der Waals surface area contributed by atoms with Crippen molar-refractivity contribution in [3.05, 3.63) is 102 Å². The number of hydrogen-bond acceptors (Lipinski definition) is 4. The number of rotatable bonds is 7. The van der Waals surface area contributed by atoms with Crippen LogP contribution in [0.3, 0.4) is 0 Å². The quantitative estimate of drug-likeness (QED) is 0.230. The van der Waals surface area contributed by atoms with Crippen molar-refractivity contribution in [1.82, 2.24) is 0 Å². The molecule has 0 aliphatic rings. The van der Waals surface area contributed by atoms with E-state index in [4.69, 9.17) is 17.0 Å². The van der Waals surface area contributed by atoms with Gasteiger partial charge in [0.05, 0.1) is 12.1 Å². The van der Waals surface area contributed by atoms with Crippen molar-refractivity contribution in [2.45, 2.75) is 4.90 Å². The Bertz CT molecular complexity index is 832. The van der Waals surface area contributed by atoms with Gasteiger partial charge in [0, 0.05) is 15.4 Å². The fourth-order valence-corrected chi connectivity index (χ4v) is 3.55. The second-order valence-corrected chi connectivity index (χ2v) is 7.06. The molecule has 0 spiro atoms. The van der Waals surface area contributed by atoms with E-state index < -0.39 is 0 Å². The molecule has 0 radical (unpaired) electrons. The Balaban J connectivity index is 1.85. The number of thioether (sulfide) groups is 1. The summed E-state index contributed by atoms with van der Waals surface area (Å²) in [7, 11) is 1.66. The lowest BCUT2D eigenvalue weighted by Crippen LogP contribution is -2.01. The van der Waals surface area contributed by atoms with Gasteiger partial charge >= 0.3 is 0 Å². The van der Waals surface area contributed by atoms with Crippen LogP contribution in [0.25, 0.3) is 0 Å². The van der Waals surface area contributed by atoms with E-state index >= 15 is 0 Å². The minimum Gasteiger partial charge on any atom is -0.497 e. The van der Waals surface area contributed by atoms with Crippen LogP contribution in [0.5, 0.6) is 5.75 Å². The normalized spacial score (nSPS) is 11.0. The van der Waals surface area contributed by atoms with Crippen LogP contribution in [0, 0.1) is 0 Å². The van der Waals surface area contributed by atoms with Crippen LogP contribution in [0.2, 0.25) is 0 Å². The van der Waals surface area contributed by atoms with Crippen LogP contribution < -0.4 is 10.1 Å². The van der Waals surface area contributed by atoms with Crippen molar-refractivity contribution < 1.29 is 4.74 Å². The average Bonchev–Trinajstić information content (AvgIpc) is 2.69. The van der Waals surface area contributed by atoms with Crippen LogP contribution in [-0.4, -0.2) is 12.0 Å². The molecule has 0 atom stereocenters. The lowest BCUT2D eigenvalue weighted by Gasteiger charge is -2.12. The molecule has 26 heavy (non-hydrogen) atoms. The first-order valence-electron chi connectivity index (χ1n) is 8.19. The van der Waals surface area contributed by atoms with Crippen LogP contribution in [0.15, 0.2) is 101 Å². The highest BCUT2D eigenvalue weighted by Gasteiger charge is 2.06. The van der Waals surface area contributed by atoms with E-state index in [-0.39, 0.29) is 0 Å². The summed E-state index contributed by atoms with van der Waals surface area (Å²) < 4.78 is 5.21. The first kappa shape index (κ1) is 18.2. The van der Waals surface area contributed by atoms with Gasteiger partial charge in [-0.05, 0) is 60.2 Å². The van der Waals surface area contributed by atoms with E-state index in [0.717, 1.165) is 31.8 Å². The number of benzene rings is 3. The summed E-state index contributed by atoms with van der Waals surface area (Å²) in [5, 5.41) is 4.44. The first-order chi connectivity index (χ1) is 12.7. The maximum atomic E-state index is 5.64. The minimum atomic E-state index is 0.773. The predicted octanol–water partition coefficient (Wildman–Crippen LogP) is 6.16. The smallest absolute Gasteiger partial charge is 0.118 e. The van der Waals surface area contributed by atoms with E-state index in [1.54, 1.807) is 18.9 Å². The summed E-state index contributed by atoms with van der Waals surface area (Å²) in [6.07, 6.45) is 2.00. The molecule has 0 saturated carbocycles. The molecule has 0 amide bonds. The Morgan fingerprint density at radius 1 is 0.885 bits per heavy atom. The molecule has 0 saturated heterocycles. The van der Waals surface area contributed by atoms with E-state index in [9.17, 15) is 0 Å². The number of anilines is 1. The summed E-state index contributed by atoms with van der Waals surface area (Å²) >= 11 is 7.29. The molecule has 4 heteroatoms. The van der Waals surface area contributed by atoms with Gasteiger partial charge in [0.1, 0.15) is 5.75 Å². The van der Waals surface area contributed by atoms with Crippen molar-refractivity contribution in [3.63, 3.8) is 0 Å². The molecule has 3 aromatic rings. The van der Waals surface area contributed by atoms with Gasteiger partial charge in [0.2, 0.25) is 0 Å². The van der Waals surface area contributed by atoms with Gasteiger partial charge in [-0.25, -0.2) is 0 Å². The molecule has 0 aromatic heterocycles. The zero-order valence-electron chi connectivity index (χ0n) is 14.4. The van der Waals surface area contributed by atoms with Gasteiger partial charge in [-0.2, -0.15) is 0 Å². The number of ether oxygens (including phenoxy) is 1. The second-order valence-electron chi connectivity index (χ2n) is 5.51. The largest absolute Gasteiger partial charge is 0.497 e. The lowest BCUT2D eigenvalue weighted by atomic mass is 10.1. The number of para-hydroxylation sites is 1. The molecule has 0 bridgehead atoms. The van der Waals surface area contributed by atoms with Crippen LogP contribution >= 0.6 is 24.0 Å². The highest BCUT2D eigenvalue weighted by Crippen LogP contribution is 2.28. The molecule has 0 fully saturated rings. The molecule has 3 aromatic carbocycles. The third-order valence-electron chi connectivity index (χ3n) is 3.65. The molecule has 3 rings (SSSR count). The van der Waals surface area contributed by atoms with Gasteiger partial charge in [-0.3, -0.25) is 0 Å². The Kier molecular flexibility index (Phi) is 6.47. The van der Waals surface area contributed by atoms with E-state index in [1.165, 1.54) is 0 Å². The standard InChI is InChI=1S/C22H19NOS2/c1-24-19-14-12-17(13-15-19)21(25)16-22(23-18-8-4-2-5-9-18)26-20-10-6-3-7-11-20/h2-16,23H,1H3/b22-16+. The van der Waals surface area contributed by atoms with Crippen molar-refractivity contribution in [1.29, 1.82) is 0 Å². The van der Waals surface area contributed by atoms with E-state index in [1.807, 2.05) is 78.9 Å². The maximum Gasteiger partial charge on any atom is 0.118 e. The Labute approximate surface area is 163 Å². The molecule has 0 heterocycles. The van der Waals surface area contributed by atoms with Crippen LogP contribution in [0.1, 0.15) is 5.56 Å². The Hall–Kier alpha value is -2.56. The maximum absolute atomic E-state index is 5.64. The van der Waals surface area contributed by atoms with Crippen molar-refractivity contribution in [2.24, 2.45) is 0 Å². The van der Waals surface area contributed by atoms with Crippen molar-refractivity contribution >= 4 is 34.5 Å². The van der Waals surface area contributed by atoms with Gasteiger partial charge in [0.15, 0.2) is 0 Å². The van der Waals surface area contributed by atoms with E-state index in [2.05, 4.69) is 17.4 Å². The summed E-state index contributed by atoms with van der Waals surface area (Å²) in [4.78, 5) is 1.93. The number of thiocarbonyl (C=S) groups is 1. The molecular formula is C22H19NOS2. The summed E-state index contributed by atoms with van der Waals surface area (Å²) in [6.45, 7) is 0. The number of nitrogens with one attached hydrogen (secondary N) is 1. The van der Waals surface area contributed by atoms with Gasteiger partial charge in [-0.15, -0.1) is 0 Å². The van der Waals surface area contributed by atoms with Gasteiger partial charge in [0.25, 0.3) is 0 Å². The summed E-state index contributed by atoms with van der Waals surface area (Å²) in [5.41, 5.74) is 2.02. The van der Waals surface area contributed by atoms with Crippen LogP contribution in [0.4, 0.5) is 5.69 Å². The monoisotopic (exact) mass is 377 g/mol. The predicted molar refractivity (Wildman–Crippen MR) is 115 cm³/mol. The molecular weight excluding hydrogens is 358 g/mol. The molecule has 2 nitrogen and oxygen atoms in total.